The minimum absolute atomic E-state index is 0.203. The standard InChI is InChI=1S/C39H38N2O/c1-4-7-12-35(11-5-2)41(36-13-9-8-10-14-36)37-27-25-33(26-28-37)38-29-40-39(42-38)34-23-21-32(22-24-34)20-19-31-17-15-30(6-3)16-18-31/h4-18,21-29,39-40H,3,19-20H2,1-2H3/b7-4-,11-5-,35-12+. The van der Waals surface area contributed by atoms with Gasteiger partial charge in [0.15, 0.2) is 6.23 Å². The normalized spacial score (nSPS) is 15.0. The number of rotatable bonds is 11. The quantitative estimate of drug-likeness (QED) is 0.188. The highest BCUT2D eigenvalue weighted by molar-refractivity contribution is 5.72. The summed E-state index contributed by atoms with van der Waals surface area (Å²) in [5.41, 5.74) is 9.22. The van der Waals surface area contributed by atoms with Crippen LogP contribution in [0.5, 0.6) is 0 Å². The average molecular weight is 551 g/mol. The van der Waals surface area contributed by atoms with Crippen LogP contribution in [-0.2, 0) is 17.6 Å². The fraction of sp³-hybridized carbons (Fsp3) is 0.128. The number of para-hydroxylation sites is 1. The first kappa shape index (κ1) is 28.5. The molecule has 0 radical (unpaired) electrons. The molecule has 210 valence electrons. The fourth-order valence-corrected chi connectivity index (χ4v) is 5.00. The van der Waals surface area contributed by atoms with Crippen LogP contribution in [0, 0.1) is 0 Å². The molecule has 0 bridgehead atoms. The molecule has 3 nitrogen and oxygen atoms in total. The van der Waals surface area contributed by atoms with Crippen LogP contribution in [0.1, 0.15) is 47.9 Å². The van der Waals surface area contributed by atoms with E-state index in [1.165, 1.54) is 11.1 Å². The Morgan fingerprint density at radius 2 is 1.43 bits per heavy atom. The maximum absolute atomic E-state index is 6.35. The van der Waals surface area contributed by atoms with Gasteiger partial charge in [0, 0.05) is 34.4 Å². The molecule has 4 aromatic rings. The third-order valence-corrected chi connectivity index (χ3v) is 7.29. The molecule has 0 aliphatic carbocycles. The van der Waals surface area contributed by atoms with Crippen molar-refractivity contribution in [1.82, 2.24) is 5.32 Å². The van der Waals surface area contributed by atoms with Crippen LogP contribution in [0.2, 0.25) is 0 Å². The highest BCUT2D eigenvalue weighted by Crippen LogP contribution is 2.34. The number of ether oxygens (including phenoxy) is 1. The first-order valence-corrected chi connectivity index (χ1v) is 14.5. The van der Waals surface area contributed by atoms with Crippen LogP contribution in [0.25, 0.3) is 11.8 Å². The van der Waals surface area contributed by atoms with Crippen molar-refractivity contribution >= 4 is 23.2 Å². The number of nitrogens with one attached hydrogen (secondary N) is 1. The van der Waals surface area contributed by atoms with Gasteiger partial charge < -0.3 is 15.0 Å². The van der Waals surface area contributed by atoms with E-state index in [1.807, 2.05) is 38.3 Å². The van der Waals surface area contributed by atoms with E-state index in [0.29, 0.717) is 0 Å². The SMILES string of the molecule is C=Cc1ccc(CCc2ccc(C3NC=C(c4ccc(N(C(/C=C\C)=C/C=C\C)c5ccccc5)cc4)O3)cc2)cc1. The van der Waals surface area contributed by atoms with Crippen molar-refractivity contribution in [2.45, 2.75) is 32.9 Å². The van der Waals surface area contributed by atoms with Crippen LogP contribution in [0.4, 0.5) is 11.4 Å². The second kappa shape index (κ2) is 14.0. The zero-order valence-corrected chi connectivity index (χ0v) is 24.4. The van der Waals surface area contributed by atoms with E-state index in [-0.39, 0.29) is 6.23 Å². The smallest absolute Gasteiger partial charge is 0.196 e. The van der Waals surface area contributed by atoms with Crippen molar-refractivity contribution in [2.24, 2.45) is 0 Å². The van der Waals surface area contributed by atoms with Gasteiger partial charge >= 0.3 is 0 Å². The number of hydrogen-bond donors (Lipinski definition) is 1. The molecule has 1 unspecified atom stereocenters. The molecule has 0 aromatic heterocycles. The summed E-state index contributed by atoms with van der Waals surface area (Å²) in [7, 11) is 0. The molecule has 1 N–H and O–H groups in total. The molecule has 1 atom stereocenters. The van der Waals surface area contributed by atoms with Crippen molar-refractivity contribution in [3.05, 3.63) is 180 Å². The van der Waals surface area contributed by atoms with E-state index in [1.54, 1.807) is 0 Å². The molecule has 0 saturated heterocycles. The van der Waals surface area contributed by atoms with Crippen LogP contribution in [-0.4, -0.2) is 0 Å². The fourth-order valence-electron chi connectivity index (χ4n) is 5.00. The van der Waals surface area contributed by atoms with E-state index in [0.717, 1.165) is 52.4 Å². The Hall–Kier alpha value is -5.02. The molecule has 0 saturated carbocycles. The van der Waals surface area contributed by atoms with E-state index in [2.05, 4.69) is 138 Å². The van der Waals surface area contributed by atoms with Crippen molar-refractivity contribution in [3.63, 3.8) is 0 Å². The lowest BCUT2D eigenvalue weighted by Crippen LogP contribution is -2.15. The first-order chi connectivity index (χ1) is 20.7. The van der Waals surface area contributed by atoms with Gasteiger partial charge in [-0.1, -0.05) is 97.6 Å². The Labute approximate surface area is 250 Å². The monoisotopic (exact) mass is 550 g/mol. The van der Waals surface area contributed by atoms with Gasteiger partial charge in [-0.15, -0.1) is 0 Å². The van der Waals surface area contributed by atoms with Gasteiger partial charge in [0.2, 0.25) is 0 Å². The Kier molecular flexibility index (Phi) is 9.54. The molecule has 1 aliphatic rings. The number of nitrogens with zero attached hydrogens (tertiary/aromatic N) is 1. The molecule has 3 heteroatoms. The van der Waals surface area contributed by atoms with Crippen LogP contribution < -0.4 is 10.2 Å². The predicted molar refractivity (Wildman–Crippen MR) is 178 cm³/mol. The van der Waals surface area contributed by atoms with Gasteiger partial charge in [-0.2, -0.15) is 0 Å². The van der Waals surface area contributed by atoms with Crippen LogP contribution in [0.15, 0.2) is 152 Å². The van der Waals surface area contributed by atoms with Crippen molar-refractivity contribution in [2.75, 3.05) is 4.90 Å². The van der Waals surface area contributed by atoms with Crippen molar-refractivity contribution in [1.29, 1.82) is 0 Å². The summed E-state index contributed by atoms with van der Waals surface area (Å²) >= 11 is 0. The molecule has 1 heterocycles. The molecule has 0 spiro atoms. The summed E-state index contributed by atoms with van der Waals surface area (Å²) in [5.74, 6) is 0.836. The molecule has 42 heavy (non-hydrogen) atoms. The average Bonchev–Trinajstić information content (AvgIpc) is 3.55. The summed E-state index contributed by atoms with van der Waals surface area (Å²) < 4.78 is 6.35. The van der Waals surface area contributed by atoms with E-state index >= 15 is 0 Å². The number of aryl methyl sites for hydroxylation is 2. The molecule has 0 fully saturated rings. The number of allylic oxidation sites excluding steroid dienone is 5. The molecule has 0 amide bonds. The highest BCUT2D eigenvalue weighted by atomic mass is 16.5. The molecule has 4 aromatic carbocycles. The van der Waals surface area contributed by atoms with E-state index in [9.17, 15) is 0 Å². The number of benzene rings is 4. The number of anilines is 2. The summed E-state index contributed by atoms with van der Waals surface area (Å²) in [5, 5.41) is 3.40. The second-order valence-electron chi connectivity index (χ2n) is 10.2. The molecule has 1 aliphatic heterocycles. The zero-order valence-electron chi connectivity index (χ0n) is 24.4. The second-order valence-corrected chi connectivity index (χ2v) is 10.2. The largest absolute Gasteiger partial charge is 0.464 e. The van der Waals surface area contributed by atoms with Crippen molar-refractivity contribution in [3.8, 4) is 0 Å². The Morgan fingerprint density at radius 1 is 0.786 bits per heavy atom. The Balaban J connectivity index is 1.25. The molecular weight excluding hydrogens is 512 g/mol. The lowest BCUT2D eigenvalue weighted by molar-refractivity contribution is 0.174. The molecule has 5 rings (SSSR count). The third-order valence-electron chi connectivity index (χ3n) is 7.29. The summed E-state index contributed by atoms with van der Waals surface area (Å²) in [4.78, 5) is 2.26. The minimum atomic E-state index is -0.203. The zero-order chi connectivity index (χ0) is 29.1. The first-order valence-electron chi connectivity index (χ1n) is 14.5. The van der Waals surface area contributed by atoms with Crippen LogP contribution >= 0.6 is 0 Å². The minimum Gasteiger partial charge on any atom is -0.464 e. The summed E-state index contributed by atoms with van der Waals surface area (Å²) in [6.45, 7) is 7.90. The maximum Gasteiger partial charge on any atom is 0.196 e. The topological polar surface area (TPSA) is 24.5 Å². The maximum atomic E-state index is 6.35. The van der Waals surface area contributed by atoms with Gasteiger partial charge in [-0.05, 0) is 91.9 Å². The van der Waals surface area contributed by atoms with Gasteiger partial charge in [-0.25, -0.2) is 0 Å². The Bertz CT molecular complexity index is 1580. The lowest BCUT2D eigenvalue weighted by Gasteiger charge is -2.26. The van der Waals surface area contributed by atoms with E-state index in [4.69, 9.17) is 4.74 Å². The van der Waals surface area contributed by atoms with Gasteiger partial charge in [0.25, 0.3) is 0 Å². The Morgan fingerprint density at radius 3 is 2.05 bits per heavy atom. The summed E-state index contributed by atoms with van der Waals surface area (Å²) in [6.07, 6.45) is 16.1. The predicted octanol–water partition coefficient (Wildman–Crippen LogP) is 9.91. The highest BCUT2D eigenvalue weighted by Gasteiger charge is 2.21. The van der Waals surface area contributed by atoms with Gasteiger partial charge in [0.1, 0.15) is 5.76 Å². The van der Waals surface area contributed by atoms with Crippen LogP contribution in [0.3, 0.4) is 0 Å². The number of hydrogen-bond acceptors (Lipinski definition) is 3. The van der Waals surface area contributed by atoms with Gasteiger partial charge in [-0.3, -0.25) is 0 Å². The van der Waals surface area contributed by atoms with E-state index < -0.39 is 0 Å². The van der Waals surface area contributed by atoms with Gasteiger partial charge in [0.05, 0.1) is 0 Å². The molecular formula is C39H38N2O. The van der Waals surface area contributed by atoms with Crippen molar-refractivity contribution < 1.29 is 4.74 Å². The summed E-state index contributed by atoms with van der Waals surface area (Å²) in [6, 6.07) is 36.3. The third kappa shape index (κ3) is 7.00. The lowest BCUT2D eigenvalue weighted by atomic mass is 10.0.